The number of nitrogens with one attached hydrogen (secondary N) is 2. The SMILES string of the molecule is CCOc1c(OC)cc([C@@H]2NC(=O)c3ccccc3N2)cc1OC. The molecule has 0 saturated heterocycles. The van der Waals surface area contributed by atoms with Crippen molar-refractivity contribution in [3.05, 3.63) is 47.5 Å². The minimum absolute atomic E-state index is 0.124. The normalized spacial score (nSPS) is 15.8. The second-order valence-corrected chi connectivity index (χ2v) is 5.28. The number of carbonyl (C=O) groups is 1. The molecule has 2 N–H and O–H groups in total. The minimum atomic E-state index is -0.383. The molecular formula is C18H20N2O4. The van der Waals surface area contributed by atoms with Crippen molar-refractivity contribution in [1.29, 1.82) is 0 Å². The molecule has 0 aliphatic carbocycles. The summed E-state index contributed by atoms with van der Waals surface area (Å²) in [6.07, 6.45) is -0.383. The van der Waals surface area contributed by atoms with Gasteiger partial charge in [-0.05, 0) is 31.2 Å². The summed E-state index contributed by atoms with van der Waals surface area (Å²) < 4.78 is 16.5. The first-order chi connectivity index (χ1) is 11.7. The molecule has 3 rings (SSSR count). The number of rotatable bonds is 5. The number of benzene rings is 2. The van der Waals surface area contributed by atoms with Gasteiger partial charge in [0, 0.05) is 11.3 Å². The van der Waals surface area contributed by atoms with Gasteiger partial charge in [0.2, 0.25) is 5.75 Å². The van der Waals surface area contributed by atoms with E-state index < -0.39 is 0 Å². The van der Waals surface area contributed by atoms with Crippen molar-refractivity contribution in [1.82, 2.24) is 5.32 Å². The first-order valence-corrected chi connectivity index (χ1v) is 7.73. The summed E-state index contributed by atoms with van der Waals surface area (Å²) in [4.78, 5) is 12.3. The Morgan fingerprint density at radius 2 is 1.71 bits per heavy atom. The third kappa shape index (κ3) is 2.82. The molecule has 0 aromatic heterocycles. The van der Waals surface area contributed by atoms with E-state index in [0.29, 0.717) is 29.4 Å². The quantitative estimate of drug-likeness (QED) is 0.883. The highest BCUT2D eigenvalue weighted by Crippen LogP contribution is 2.40. The van der Waals surface area contributed by atoms with Gasteiger partial charge in [-0.3, -0.25) is 4.79 Å². The topological polar surface area (TPSA) is 68.8 Å². The molecule has 2 aromatic carbocycles. The average molecular weight is 328 g/mol. The van der Waals surface area contributed by atoms with Crippen LogP contribution in [0.3, 0.4) is 0 Å². The number of hydrogen-bond donors (Lipinski definition) is 2. The van der Waals surface area contributed by atoms with E-state index in [2.05, 4.69) is 10.6 Å². The average Bonchev–Trinajstić information content (AvgIpc) is 2.62. The molecule has 0 fully saturated rings. The van der Waals surface area contributed by atoms with Crippen LogP contribution in [0.1, 0.15) is 29.0 Å². The molecule has 126 valence electrons. The summed E-state index contributed by atoms with van der Waals surface area (Å²) >= 11 is 0. The van der Waals surface area contributed by atoms with Gasteiger partial charge in [0.05, 0.1) is 26.4 Å². The van der Waals surface area contributed by atoms with Gasteiger partial charge in [-0.1, -0.05) is 12.1 Å². The number of ether oxygens (including phenoxy) is 3. The minimum Gasteiger partial charge on any atom is -0.493 e. The fourth-order valence-corrected chi connectivity index (χ4v) is 2.73. The number of amides is 1. The fraction of sp³-hybridized carbons (Fsp3) is 0.278. The zero-order chi connectivity index (χ0) is 17.1. The summed E-state index contributed by atoms with van der Waals surface area (Å²) in [6.45, 7) is 2.39. The highest BCUT2D eigenvalue weighted by Gasteiger charge is 2.26. The van der Waals surface area contributed by atoms with E-state index in [1.165, 1.54) is 0 Å². The van der Waals surface area contributed by atoms with Crippen LogP contribution in [-0.4, -0.2) is 26.7 Å². The van der Waals surface area contributed by atoms with Crippen molar-refractivity contribution in [3.63, 3.8) is 0 Å². The molecule has 6 nitrogen and oxygen atoms in total. The molecular weight excluding hydrogens is 308 g/mol. The van der Waals surface area contributed by atoms with Gasteiger partial charge < -0.3 is 24.8 Å². The maximum atomic E-state index is 12.3. The maximum Gasteiger partial charge on any atom is 0.255 e. The molecule has 0 spiro atoms. The van der Waals surface area contributed by atoms with Gasteiger partial charge in [-0.2, -0.15) is 0 Å². The molecule has 1 heterocycles. The monoisotopic (exact) mass is 328 g/mol. The Kier molecular flexibility index (Phi) is 4.46. The lowest BCUT2D eigenvalue weighted by Gasteiger charge is -2.29. The van der Waals surface area contributed by atoms with Gasteiger partial charge in [-0.25, -0.2) is 0 Å². The van der Waals surface area contributed by atoms with Crippen molar-refractivity contribution in [2.75, 3.05) is 26.1 Å². The standard InChI is InChI=1S/C18H20N2O4/c1-4-24-16-14(22-2)9-11(10-15(16)23-3)17-19-13-8-6-5-7-12(13)18(21)20-17/h5-10,17,19H,4H2,1-3H3,(H,20,21)/t17-/m0/s1. The van der Waals surface area contributed by atoms with E-state index in [-0.39, 0.29) is 12.1 Å². The van der Waals surface area contributed by atoms with Gasteiger partial charge in [0.1, 0.15) is 6.17 Å². The van der Waals surface area contributed by atoms with Crippen LogP contribution < -0.4 is 24.8 Å². The number of methoxy groups -OCH3 is 2. The van der Waals surface area contributed by atoms with Crippen molar-refractivity contribution in [2.45, 2.75) is 13.1 Å². The Labute approximate surface area is 140 Å². The number of anilines is 1. The van der Waals surface area contributed by atoms with E-state index in [0.717, 1.165) is 11.3 Å². The van der Waals surface area contributed by atoms with Gasteiger partial charge in [0.15, 0.2) is 11.5 Å². The lowest BCUT2D eigenvalue weighted by Crippen LogP contribution is -2.38. The van der Waals surface area contributed by atoms with Crippen LogP contribution in [-0.2, 0) is 0 Å². The van der Waals surface area contributed by atoms with E-state index in [1.807, 2.05) is 37.3 Å². The highest BCUT2D eigenvalue weighted by molar-refractivity contribution is 6.01. The molecule has 1 aliphatic heterocycles. The Morgan fingerprint density at radius 3 is 2.33 bits per heavy atom. The Bertz CT molecular complexity index is 735. The van der Waals surface area contributed by atoms with Crippen LogP contribution in [0.15, 0.2) is 36.4 Å². The molecule has 24 heavy (non-hydrogen) atoms. The van der Waals surface area contributed by atoms with E-state index in [4.69, 9.17) is 14.2 Å². The van der Waals surface area contributed by atoms with Crippen LogP contribution in [0.4, 0.5) is 5.69 Å². The Balaban J connectivity index is 2.00. The summed E-state index contributed by atoms with van der Waals surface area (Å²) in [5.74, 6) is 1.54. The van der Waals surface area contributed by atoms with Crippen LogP contribution in [0.25, 0.3) is 0 Å². The van der Waals surface area contributed by atoms with E-state index >= 15 is 0 Å². The first-order valence-electron chi connectivity index (χ1n) is 7.73. The molecule has 1 amide bonds. The van der Waals surface area contributed by atoms with E-state index in [1.54, 1.807) is 20.3 Å². The summed E-state index contributed by atoms with van der Waals surface area (Å²) in [7, 11) is 3.15. The number of hydrogen-bond acceptors (Lipinski definition) is 5. The molecule has 0 unspecified atom stereocenters. The van der Waals surface area contributed by atoms with Gasteiger partial charge in [0.25, 0.3) is 5.91 Å². The Hall–Kier alpha value is -2.89. The smallest absolute Gasteiger partial charge is 0.255 e. The van der Waals surface area contributed by atoms with Crippen LogP contribution in [0, 0.1) is 0 Å². The molecule has 0 saturated carbocycles. The lowest BCUT2D eigenvalue weighted by atomic mass is 10.0. The number of fused-ring (bicyclic) bond motifs is 1. The second-order valence-electron chi connectivity index (χ2n) is 5.28. The zero-order valence-electron chi connectivity index (χ0n) is 13.9. The van der Waals surface area contributed by atoms with Gasteiger partial charge in [-0.15, -0.1) is 0 Å². The van der Waals surface area contributed by atoms with Crippen molar-refractivity contribution in [2.24, 2.45) is 0 Å². The molecule has 0 bridgehead atoms. The van der Waals surface area contributed by atoms with E-state index in [9.17, 15) is 4.79 Å². The van der Waals surface area contributed by atoms with Crippen molar-refractivity contribution < 1.29 is 19.0 Å². The van der Waals surface area contributed by atoms with Gasteiger partial charge >= 0.3 is 0 Å². The predicted octanol–water partition coefficient (Wildman–Crippen LogP) is 2.96. The van der Waals surface area contributed by atoms with Crippen molar-refractivity contribution >= 4 is 11.6 Å². The lowest BCUT2D eigenvalue weighted by molar-refractivity contribution is 0.0935. The zero-order valence-corrected chi connectivity index (χ0v) is 13.9. The largest absolute Gasteiger partial charge is 0.493 e. The molecule has 0 radical (unpaired) electrons. The molecule has 6 heteroatoms. The highest BCUT2D eigenvalue weighted by atomic mass is 16.5. The van der Waals surface area contributed by atoms with Crippen molar-refractivity contribution in [3.8, 4) is 17.2 Å². The second kappa shape index (κ2) is 6.70. The Morgan fingerprint density at radius 1 is 1.04 bits per heavy atom. The third-order valence-electron chi connectivity index (χ3n) is 3.85. The maximum absolute atomic E-state index is 12.3. The predicted molar refractivity (Wildman–Crippen MR) is 91.0 cm³/mol. The molecule has 1 atom stereocenters. The van der Waals surface area contributed by atoms with Crippen LogP contribution in [0.2, 0.25) is 0 Å². The third-order valence-corrected chi connectivity index (χ3v) is 3.85. The summed E-state index contributed by atoms with van der Waals surface area (Å²) in [5, 5.41) is 6.25. The molecule has 2 aromatic rings. The summed E-state index contributed by atoms with van der Waals surface area (Å²) in [5.41, 5.74) is 2.23. The molecule has 1 aliphatic rings. The number of para-hydroxylation sites is 1. The van der Waals surface area contributed by atoms with Crippen LogP contribution in [0.5, 0.6) is 17.2 Å². The number of carbonyl (C=O) groups excluding carboxylic acids is 1. The fourth-order valence-electron chi connectivity index (χ4n) is 2.73. The first kappa shape index (κ1) is 16.0. The summed E-state index contributed by atoms with van der Waals surface area (Å²) in [6, 6.07) is 11.1. The van der Waals surface area contributed by atoms with Crippen LogP contribution >= 0.6 is 0 Å².